The van der Waals surface area contributed by atoms with Gasteiger partial charge in [-0.15, -0.1) is 0 Å². The van der Waals surface area contributed by atoms with Gasteiger partial charge in [0.1, 0.15) is 5.82 Å². The predicted molar refractivity (Wildman–Crippen MR) is 246 cm³/mol. The second-order valence-electron chi connectivity index (χ2n) is 15.2. The Hall–Kier alpha value is -7.95. The number of hydrogen-bond acceptors (Lipinski definition) is 1. The van der Waals surface area contributed by atoms with Crippen LogP contribution < -0.4 is 0 Å². The van der Waals surface area contributed by atoms with Crippen LogP contribution >= 0.6 is 0 Å². The zero-order chi connectivity index (χ0) is 38.9. The summed E-state index contributed by atoms with van der Waals surface area (Å²) in [5.41, 5.74) is 15.8. The molecule has 276 valence electrons. The molecule has 0 aliphatic carbocycles. The summed E-state index contributed by atoms with van der Waals surface area (Å²) in [5.74, 6) is 0.928. The molecule has 59 heavy (non-hydrogen) atoms. The van der Waals surface area contributed by atoms with Gasteiger partial charge in [0, 0.05) is 44.2 Å². The zero-order valence-electron chi connectivity index (χ0n) is 32.1. The van der Waals surface area contributed by atoms with E-state index in [0.717, 1.165) is 61.7 Å². The second kappa shape index (κ2) is 13.3. The number of benzene rings is 9. The number of aromatic nitrogens is 4. The van der Waals surface area contributed by atoms with Crippen LogP contribution in [-0.4, -0.2) is 18.7 Å². The Bertz CT molecular complexity index is 3330. The molecule has 0 fully saturated rings. The molecule has 0 atom stereocenters. The van der Waals surface area contributed by atoms with Crippen molar-refractivity contribution in [2.75, 3.05) is 0 Å². The summed E-state index contributed by atoms with van der Waals surface area (Å²) in [6.07, 6.45) is 0. The summed E-state index contributed by atoms with van der Waals surface area (Å²) < 4.78 is 7.14. The molecule has 0 aliphatic heterocycles. The van der Waals surface area contributed by atoms with E-state index in [4.69, 9.17) is 4.98 Å². The van der Waals surface area contributed by atoms with Gasteiger partial charge in [0.05, 0.1) is 33.1 Å². The molecule has 4 heteroatoms. The highest BCUT2D eigenvalue weighted by Crippen LogP contribution is 2.39. The fraction of sp³-hybridized carbons (Fsp3) is 0. The van der Waals surface area contributed by atoms with E-state index < -0.39 is 0 Å². The lowest BCUT2D eigenvalue weighted by Crippen LogP contribution is -2.00. The molecule has 12 rings (SSSR count). The van der Waals surface area contributed by atoms with Crippen LogP contribution in [0.3, 0.4) is 0 Å². The molecule has 3 aromatic heterocycles. The average Bonchev–Trinajstić information content (AvgIpc) is 3.98. The van der Waals surface area contributed by atoms with E-state index >= 15 is 0 Å². The highest BCUT2D eigenvalue weighted by Gasteiger charge is 2.18. The van der Waals surface area contributed by atoms with Gasteiger partial charge in [-0.05, 0) is 95.1 Å². The van der Waals surface area contributed by atoms with E-state index in [9.17, 15) is 0 Å². The Labute approximate surface area is 341 Å². The van der Waals surface area contributed by atoms with Gasteiger partial charge in [0.25, 0.3) is 0 Å². The highest BCUT2D eigenvalue weighted by atomic mass is 15.1. The van der Waals surface area contributed by atoms with Gasteiger partial charge in [0.15, 0.2) is 0 Å². The lowest BCUT2D eigenvalue weighted by Gasteiger charge is -2.16. The van der Waals surface area contributed by atoms with Crippen molar-refractivity contribution in [3.8, 4) is 50.7 Å². The molecule has 0 amide bonds. The summed E-state index contributed by atoms with van der Waals surface area (Å²) in [4.78, 5) is 5.11. The molecule has 0 radical (unpaired) electrons. The van der Waals surface area contributed by atoms with E-state index in [1.165, 1.54) is 43.6 Å². The number of imidazole rings is 1. The summed E-state index contributed by atoms with van der Waals surface area (Å²) >= 11 is 0. The molecule has 0 saturated heterocycles. The van der Waals surface area contributed by atoms with Gasteiger partial charge in [-0.25, -0.2) is 4.98 Å². The standard InChI is InChI=1S/C55H36N4/c1-2-16-37(17-3-1)55-56-49-26-8-13-31-54(49)59(55)42-21-15-20-40(33-42)38-18-14-19-39(32-38)41-34-43(57-50-27-9-4-22-45(50)46-23-5-10-28-51(46)57)36-44(35-41)58-52-29-11-6-24-47(52)48-25-7-12-30-53(48)58/h1-36H. The largest absolute Gasteiger partial charge is 0.309 e. The van der Waals surface area contributed by atoms with Crippen LogP contribution in [0.5, 0.6) is 0 Å². The van der Waals surface area contributed by atoms with Crippen molar-refractivity contribution in [1.29, 1.82) is 0 Å². The third kappa shape index (κ3) is 5.34. The number of nitrogens with zero attached hydrogens (tertiary/aromatic N) is 4. The quantitative estimate of drug-likeness (QED) is 0.166. The van der Waals surface area contributed by atoms with Crippen molar-refractivity contribution in [1.82, 2.24) is 18.7 Å². The Morgan fingerprint density at radius 1 is 0.254 bits per heavy atom. The lowest BCUT2D eigenvalue weighted by molar-refractivity contribution is 1.10. The van der Waals surface area contributed by atoms with E-state index in [1.54, 1.807) is 0 Å². The molecule has 9 aromatic carbocycles. The summed E-state index contributed by atoms with van der Waals surface area (Å²) in [6.45, 7) is 0. The molecule has 4 nitrogen and oxygen atoms in total. The Kier molecular flexibility index (Phi) is 7.50. The Balaban J connectivity index is 1.06. The first-order valence-corrected chi connectivity index (χ1v) is 20.1. The molecule has 0 bridgehead atoms. The SMILES string of the molecule is c1ccc(-c2nc3ccccc3n2-c2cccc(-c3cccc(-c4cc(-n5c6ccccc6c6ccccc65)cc(-n5c6ccccc6c6ccccc65)c4)c3)c2)cc1. The molecule has 12 aromatic rings. The first kappa shape index (κ1) is 33.2. The maximum atomic E-state index is 5.11. The van der Waals surface area contributed by atoms with Gasteiger partial charge in [-0.3, -0.25) is 4.57 Å². The van der Waals surface area contributed by atoms with E-state index in [-0.39, 0.29) is 0 Å². The molecule has 0 spiro atoms. The average molecular weight is 753 g/mol. The molecular weight excluding hydrogens is 717 g/mol. The minimum absolute atomic E-state index is 0.928. The molecule has 0 N–H and O–H groups in total. The van der Waals surface area contributed by atoms with Crippen LogP contribution in [0.15, 0.2) is 218 Å². The molecule has 0 aliphatic rings. The van der Waals surface area contributed by atoms with Crippen LogP contribution in [0.2, 0.25) is 0 Å². The Morgan fingerprint density at radius 2 is 0.661 bits per heavy atom. The van der Waals surface area contributed by atoms with E-state index in [0.29, 0.717) is 0 Å². The topological polar surface area (TPSA) is 27.7 Å². The third-order valence-electron chi connectivity index (χ3n) is 11.8. The van der Waals surface area contributed by atoms with Crippen molar-refractivity contribution in [3.63, 3.8) is 0 Å². The van der Waals surface area contributed by atoms with Crippen LogP contribution in [-0.2, 0) is 0 Å². The fourth-order valence-electron chi connectivity index (χ4n) is 9.19. The summed E-state index contributed by atoms with van der Waals surface area (Å²) in [7, 11) is 0. The Morgan fingerprint density at radius 3 is 1.22 bits per heavy atom. The van der Waals surface area contributed by atoms with Gasteiger partial charge >= 0.3 is 0 Å². The third-order valence-corrected chi connectivity index (χ3v) is 11.8. The van der Waals surface area contributed by atoms with Crippen molar-refractivity contribution < 1.29 is 0 Å². The maximum absolute atomic E-state index is 5.11. The van der Waals surface area contributed by atoms with Gasteiger partial charge in [-0.1, -0.05) is 146 Å². The van der Waals surface area contributed by atoms with Crippen molar-refractivity contribution >= 4 is 54.6 Å². The van der Waals surface area contributed by atoms with Crippen LogP contribution in [0.4, 0.5) is 0 Å². The minimum atomic E-state index is 0.928. The fourth-order valence-corrected chi connectivity index (χ4v) is 9.19. The van der Waals surface area contributed by atoms with Crippen molar-refractivity contribution in [2.24, 2.45) is 0 Å². The van der Waals surface area contributed by atoms with Crippen LogP contribution in [0.25, 0.3) is 105 Å². The van der Waals surface area contributed by atoms with Crippen molar-refractivity contribution in [3.05, 3.63) is 218 Å². The number of para-hydroxylation sites is 6. The predicted octanol–water partition coefficient (Wildman–Crippen LogP) is 14.2. The van der Waals surface area contributed by atoms with Crippen molar-refractivity contribution in [2.45, 2.75) is 0 Å². The monoisotopic (exact) mass is 752 g/mol. The highest BCUT2D eigenvalue weighted by molar-refractivity contribution is 6.10. The molecule has 0 unspecified atom stereocenters. The molecule has 3 heterocycles. The zero-order valence-corrected chi connectivity index (χ0v) is 32.1. The first-order valence-electron chi connectivity index (χ1n) is 20.1. The van der Waals surface area contributed by atoms with E-state index in [2.05, 4.69) is 232 Å². The normalized spacial score (nSPS) is 11.7. The second-order valence-corrected chi connectivity index (χ2v) is 15.2. The van der Waals surface area contributed by atoms with Gasteiger partial charge < -0.3 is 9.13 Å². The summed E-state index contributed by atoms with van der Waals surface area (Å²) in [5, 5.41) is 4.98. The first-order chi connectivity index (χ1) is 29.3. The lowest BCUT2D eigenvalue weighted by atomic mass is 9.98. The maximum Gasteiger partial charge on any atom is 0.145 e. The summed E-state index contributed by atoms with van der Waals surface area (Å²) in [6, 6.07) is 78.7. The van der Waals surface area contributed by atoms with E-state index in [1.807, 2.05) is 0 Å². The molecular formula is C55H36N4. The number of fused-ring (bicyclic) bond motifs is 7. The van der Waals surface area contributed by atoms with Crippen LogP contribution in [0.1, 0.15) is 0 Å². The minimum Gasteiger partial charge on any atom is -0.309 e. The van der Waals surface area contributed by atoms with Gasteiger partial charge in [-0.2, -0.15) is 0 Å². The number of hydrogen-bond donors (Lipinski definition) is 0. The van der Waals surface area contributed by atoms with Crippen LogP contribution in [0, 0.1) is 0 Å². The van der Waals surface area contributed by atoms with Gasteiger partial charge in [0.2, 0.25) is 0 Å². The smallest absolute Gasteiger partial charge is 0.145 e. The molecule has 0 saturated carbocycles. The number of rotatable bonds is 6.